The van der Waals surface area contributed by atoms with Crippen molar-refractivity contribution in [2.24, 2.45) is 5.92 Å². The van der Waals surface area contributed by atoms with Crippen LogP contribution in [0, 0.1) is 16.0 Å². The van der Waals surface area contributed by atoms with E-state index < -0.39 is 4.92 Å². The van der Waals surface area contributed by atoms with Crippen molar-refractivity contribution in [2.45, 2.75) is 6.42 Å². The summed E-state index contributed by atoms with van der Waals surface area (Å²) in [5.74, 6) is 0.920. The molecule has 1 heterocycles. The fraction of sp³-hybridized carbons (Fsp3) is 0.455. The van der Waals surface area contributed by atoms with E-state index in [1.165, 1.54) is 12.1 Å². The molecule has 2 rings (SSSR count). The van der Waals surface area contributed by atoms with Crippen LogP contribution in [0.3, 0.4) is 0 Å². The number of hydrogen-bond acceptors (Lipinski definition) is 4. The maximum Gasteiger partial charge on any atom is 0.274 e. The van der Waals surface area contributed by atoms with Crippen molar-refractivity contribution < 1.29 is 9.66 Å². The lowest BCUT2D eigenvalue weighted by molar-refractivity contribution is -0.384. The Labute approximate surface area is 104 Å². The minimum atomic E-state index is -0.476. The molecule has 17 heavy (non-hydrogen) atoms. The average Bonchev–Trinajstić information content (AvgIpc) is 2.78. The van der Waals surface area contributed by atoms with E-state index in [9.17, 15) is 10.1 Å². The first-order valence-corrected chi connectivity index (χ1v) is 5.81. The lowest BCUT2D eigenvalue weighted by Crippen LogP contribution is -2.15. The van der Waals surface area contributed by atoms with Gasteiger partial charge in [0.15, 0.2) is 0 Å². The molecule has 92 valence electrons. The highest BCUT2D eigenvalue weighted by atomic mass is 35.5. The average molecular weight is 257 g/mol. The molecule has 1 fully saturated rings. The maximum atomic E-state index is 10.6. The Morgan fingerprint density at radius 1 is 1.53 bits per heavy atom. The third-order valence-electron chi connectivity index (χ3n) is 2.71. The highest BCUT2D eigenvalue weighted by Gasteiger charge is 2.16. The predicted octanol–water partition coefficient (Wildman–Crippen LogP) is 2.24. The Hall–Kier alpha value is -1.33. The molecule has 6 heteroatoms. The van der Waals surface area contributed by atoms with Crippen molar-refractivity contribution in [3.05, 3.63) is 33.3 Å². The zero-order valence-corrected chi connectivity index (χ0v) is 9.94. The van der Waals surface area contributed by atoms with Crippen LogP contribution in [0.5, 0.6) is 5.75 Å². The first kappa shape index (κ1) is 12.1. The van der Waals surface area contributed by atoms with Gasteiger partial charge in [-0.1, -0.05) is 11.6 Å². The molecule has 1 aromatic rings. The van der Waals surface area contributed by atoms with Gasteiger partial charge in [0, 0.05) is 18.5 Å². The van der Waals surface area contributed by atoms with Gasteiger partial charge in [0.25, 0.3) is 5.69 Å². The molecule has 1 N–H and O–H groups in total. The van der Waals surface area contributed by atoms with Crippen LogP contribution in [-0.2, 0) is 0 Å². The van der Waals surface area contributed by atoms with Gasteiger partial charge < -0.3 is 10.1 Å². The molecular formula is C11H13ClN2O3. The summed E-state index contributed by atoms with van der Waals surface area (Å²) < 4.78 is 5.53. The molecule has 0 spiro atoms. The van der Waals surface area contributed by atoms with E-state index in [4.69, 9.17) is 16.3 Å². The lowest BCUT2D eigenvalue weighted by atomic mass is 10.1. The van der Waals surface area contributed by atoms with Gasteiger partial charge in [0.2, 0.25) is 0 Å². The number of halogens is 1. The van der Waals surface area contributed by atoms with Gasteiger partial charge in [-0.15, -0.1) is 0 Å². The topological polar surface area (TPSA) is 64.4 Å². The second-order valence-corrected chi connectivity index (χ2v) is 4.51. The highest BCUT2D eigenvalue weighted by molar-refractivity contribution is 6.30. The van der Waals surface area contributed by atoms with Gasteiger partial charge in [-0.3, -0.25) is 10.1 Å². The van der Waals surface area contributed by atoms with Crippen LogP contribution in [0.1, 0.15) is 6.42 Å². The van der Waals surface area contributed by atoms with Crippen LogP contribution in [-0.4, -0.2) is 24.6 Å². The van der Waals surface area contributed by atoms with E-state index in [2.05, 4.69) is 5.32 Å². The molecule has 5 nitrogen and oxygen atoms in total. The van der Waals surface area contributed by atoms with Crippen molar-refractivity contribution in [3.63, 3.8) is 0 Å². The third-order valence-corrected chi connectivity index (χ3v) is 2.93. The molecule has 0 aromatic heterocycles. The van der Waals surface area contributed by atoms with Crippen LogP contribution in [0.4, 0.5) is 5.69 Å². The van der Waals surface area contributed by atoms with Gasteiger partial charge in [-0.05, 0) is 19.0 Å². The smallest absolute Gasteiger partial charge is 0.274 e. The van der Waals surface area contributed by atoms with E-state index in [-0.39, 0.29) is 5.69 Å². The Kier molecular flexibility index (Phi) is 3.81. The molecule has 1 saturated heterocycles. The van der Waals surface area contributed by atoms with Crippen LogP contribution in [0.25, 0.3) is 0 Å². The Morgan fingerprint density at radius 2 is 2.35 bits per heavy atom. The molecule has 0 radical (unpaired) electrons. The quantitative estimate of drug-likeness (QED) is 0.663. The molecule has 1 aliphatic rings. The van der Waals surface area contributed by atoms with Gasteiger partial charge >= 0.3 is 0 Å². The minimum absolute atomic E-state index is 0.0444. The summed E-state index contributed by atoms with van der Waals surface area (Å²) in [6.45, 7) is 2.50. The number of benzene rings is 1. The predicted molar refractivity (Wildman–Crippen MR) is 64.6 cm³/mol. The van der Waals surface area contributed by atoms with E-state index in [0.29, 0.717) is 23.3 Å². The number of rotatable bonds is 4. The van der Waals surface area contributed by atoms with Crippen LogP contribution >= 0.6 is 11.6 Å². The summed E-state index contributed by atoms with van der Waals surface area (Å²) in [5, 5.41) is 14.2. The second-order valence-electron chi connectivity index (χ2n) is 4.07. The van der Waals surface area contributed by atoms with Crippen LogP contribution in [0.15, 0.2) is 18.2 Å². The fourth-order valence-corrected chi connectivity index (χ4v) is 2.03. The van der Waals surface area contributed by atoms with E-state index >= 15 is 0 Å². The third kappa shape index (κ3) is 3.31. The van der Waals surface area contributed by atoms with Gasteiger partial charge in [0.05, 0.1) is 22.6 Å². The largest absolute Gasteiger partial charge is 0.493 e. The summed E-state index contributed by atoms with van der Waals surface area (Å²) in [5.41, 5.74) is -0.0444. The summed E-state index contributed by atoms with van der Waals surface area (Å²) in [4.78, 5) is 10.2. The number of nitro benzene ring substituents is 1. The minimum Gasteiger partial charge on any atom is -0.493 e. The summed E-state index contributed by atoms with van der Waals surface area (Å²) >= 11 is 5.79. The molecule has 0 aliphatic carbocycles. The summed E-state index contributed by atoms with van der Waals surface area (Å²) in [6.07, 6.45) is 1.07. The van der Waals surface area contributed by atoms with Crippen molar-refractivity contribution in [1.29, 1.82) is 0 Å². The molecule has 0 bridgehead atoms. The van der Waals surface area contributed by atoms with Crippen molar-refractivity contribution in [2.75, 3.05) is 19.7 Å². The second kappa shape index (κ2) is 5.33. The van der Waals surface area contributed by atoms with Crippen molar-refractivity contribution >= 4 is 17.3 Å². The molecule has 1 aliphatic heterocycles. The lowest BCUT2D eigenvalue weighted by Gasteiger charge is -2.10. The van der Waals surface area contributed by atoms with Crippen LogP contribution < -0.4 is 10.1 Å². The zero-order valence-electron chi connectivity index (χ0n) is 9.19. The number of hydrogen-bond donors (Lipinski definition) is 1. The standard InChI is InChI=1S/C11H13ClN2O3/c12-9-3-10(14(15)16)5-11(4-9)17-7-8-1-2-13-6-8/h3-5,8,13H,1-2,6-7H2. The Balaban J connectivity index is 2.01. The highest BCUT2D eigenvalue weighted by Crippen LogP contribution is 2.26. The fourth-order valence-electron chi connectivity index (χ4n) is 1.81. The number of nitro groups is 1. The zero-order chi connectivity index (χ0) is 12.3. The van der Waals surface area contributed by atoms with Crippen molar-refractivity contribution in [1.82, 2.24) is 5.32 Å². The summed E-state index contributed by atoms with van der Waals surface area (Å²) in [7, 11) is 0. The van der Waals surface area contributed by atoms with Gasteiger partial charge in [-0.25, -0.2) is 0 Å². The maximum absolute atomic E-state index is 10.6. The number of nitrogens with zero attached hydrogens (tertiary/aromatic N) is 1. The summed E-state index contributed by atoms with van der Waals surface area (Å²) in [6, 6.07) is 4.30. The molecule has 1 aromatic carbocycles. The molecule has 1 unspecified atom stereocenters. The molecule has 1 atom stereocenters. The van der Waals surface area contributed by atoms with E-state index in [0.717, 1.165) is 19.5 Å². The number of ether oxygens (including phenoxy) is 1. The van der Waals surface area contributed by atoms with Crippen LogP contribution in [0.2, 0.25) is 5.02 Å². The van der Waals surface area contributed by atoms with E-state index in [1.54, 1.807) is 6.07 Å². The van der Waals surface area contributed by atoms with E-state index in [1.807, 2.05) is 0 Å². The van der Waals surface area contributed by atoms with Crippen molar-refractivity contribution in [3.8, 4) is 5.75 Å². The molecule has 0 saturated carbocycles. The van der Waals surface area contributed by atoms with Gasteiger partial charge in [0.1, 0.15) is 5.75 Å². The SMILES string of the molecule is O=[N+]([O-])c1cc(Cl)cc(OCC2CCNC2)c1. The number of non-ortho nitro benzene ring substituents is 1. The molecule has 0 amide bonds. The molecular weight excluding hydrogens is 244 g/mol. The first-order valence-electron chi connectivity index (χ1n) is 5.43. The monoisotopic (exact) mass is 256 g/mol. The first-order chi connectivity index (χ1) is 8.15. The number of nitrogens with one attached hydrogen (secondary N) is 1. The Morgan fingerprint density at radius 3 is 3.00 bits per heavy atom. The Bertz CT molecular complexity index is 419. The normalized spacial score (nSPS) is 19.2. The van der Waals surface area contributed by atoms with Gasteiger partial charge in [-0.2, -0.15) is 0 Å².